The SMILES string of the molecule is C=CCCC(CC)NCC1(CO)CC1. The molecule has 0 amide bonds. The van der Waals surface area contributed by atoms with Gasteiger partial charge < -0.3 is 10.4 Å². The highest BCUT2D eigenvalue weighted by Crippen LogP contribution is 2.44. The number of rotatable bonds is 8. The summed E-state index contributed by atoms with van der Waals surface area (Å²) in [5, 5.41) is 12.7. The predicted octanol–water partition coefficient (Wildman–Crippen LogP) is 2.09. The van der Waals surface area contributed by atoms with Crippen molar-refractivity contribution < 1.29 is 5.11 Å². The highest BCUT2D eigenvalue weighted by atomic mass is 16.3. The zero-order chi connectivity index (χ0) is 10.4. The molecule has 2 N–H and O–H groups in total. The van der Waals surface area contributed by atoms with Gasteiger partial charge in [-0.25, -0.2) is 0 Å². The third-order valence-corrected chi connectivity index (χ3v) is 3.27. The lowest BCUT2D eigenvalue weighted by Gasteiger charge is -2.20. The van der Waals surface area contributed by atoms with E-state index in [2.05, 4.69) is 18.8 Å². The molecule has 1 atom stereocenters. The van der Waals surface area contributed by atoms with E-state index in [-0.39, 0.29) is 5.41 Å². The normalized spacial score (nSPS) is 20.4. The monoisotopic (exact) mass is 197 g/mol. The zero-order valence-corrected chi connectivity index (χ0v) is 9.26. The van der Waals surface area contributed by atoms with Gasteiger partial charge in [-0.1, -0.05) is 13.0 Å². The van der Waals surface area contributed by atoms with Crippen molar-refractivity contribution in [2.24, 2.45) is 5.41 Å². The highest BCUT2D eigenvalue weighted by Gasteiger charge is 2.41. The van der Waals surface area contributed by atoms with Gasteiger partial charge in [-0.3, -0.25) is 0 Å². The van der Waals surface area contributed by atoms with E-state index >= 15 is 0 Å². The average molecular weight is 197 g/mol. The van der Waals surface area contributed by atoms with Crippen molar-refractivity contribution in [2.45, 2.75) is 45.1 Å². The average Bonchev–Trinajstić information content (AvgIpc) is 2.99. The van der Waals surface area contributed by atoms with Crippen molar-refractivity contribution in [1.82, 2.24) is 5.32 Å². The fourth-order valence-electron chi connectivity index (χ4n) is 1.70. The smallest absolute Gasteiger partial charge is 0.0499 e. The molecule has 0 aromatic heterocycles. The Kier molecular flexibility index (Phi) is 4.63. The van der Waals surface area contributed by atoms with Gasteiger partial charge in [-0.05, 0) is 32.1 Å². The molecule has 1 saturated carbocycles. The standard InChI is InChI=1S/C12H23NO/c1-3-5-6-11(4-2)13-9-12(10-14)7-8-12/h3,11,13-14H,1,4-10H2,2H3. The van der Waals surface area contributed by atoms with Gasteiger partial charge in [0.25, 0.3) is 0 Å². The van der Waals surface area contributed by atoms with Gasteiger partial charge >= 0.3 is 0 Å². The second kappa shape index (κ2) is 5.52. The molecule has 2 heteroatoms. The summed E-state index contributed by atoms with van der Waals surface area (Å²) < 4.78 is 0. The summed E-state index contributed by atoms with van der Waals surface area (Å²) in [5.74, 6) is 0. The molecule has 1 fully saturated rings. The Bertz CT molecular complexity index is 175. The second-order valence-corrected chi connectivity index (χ2v) is 4.51. The van der Waals surface area contributed by atoms with Crippen LogP contribution < -0.4 is 5.32 Å². The fraction of sp³-hybridized carbons (Fsp3) is 0.833. The second-order valence-electron chi connectivity index (χ2n) is 4.51. The Labute approximate surface area is 87.4 Å². The molecule has 2 nitrogen and oxygen atoms in total. The minimum Gasteiger partial charge on any atom is -0.396 e. The maximum atomic E-state index is 9.16. The molecule has 1 aliphatic rings. The molecule has 0 spiro atoms. The van der Waals surface area contributed by atoms with Gasteiger partial charge in [0.05, 0.1) is 0 Å². The molecule has 82 valence electrons. The molecule has 0 radical (unpaired) electrons. The largest absolute Gasteiger partial charge is 0.396 e. The molecule has 14 heavy (non-hydrogen) atoms. The van der Waals surface area contributed by atoms with E-state index in [0.29, 0.717) is 12.6 Å². The first-order chi connectivity index (χ1) is 6.76. The quantitative estimate of drug-likeness (QED) is 0.584. The van der Waals surface area contributed by atoms with Crippen LogP contribution in [0, 0.1) is 5.41 Å². The summed E-state index contributed by atoms with van der Waals surface area (Å²) in [6.07, 6.45) is 7.76. The molecular weight excluding hydrogens is 174 g/mol. The van der Waals surface area contributed by atoms with E-state index < -0.39 is 0 Å². The van der Waals surface area contributed by atoms with Crippen LogP contribution in [0.25, 0.3) is 0 Å². The van der Waals surface area contributed by atoms with Crippen LogP contribution >= 0.6 is 0 Å². The first kappa shape index (κ1) is 11.7. The number of allylic oxidation sites excluding steroid dienone is 1. The van der Waals surface area contributed by atoms with E-state index in [9.17, 15) is 0 Å². The molecule has 0 saturated heterocycles. The van der Waals surface area contributed by atoms with E-state index in [1.54, 1.807) is 0 Å². The van der Waals surface area contributed by atoms with Crippen molar-refractivity contribution in [3.05, 3.63) is 12.7 Å². The lowest BCUT2D eigenvalue weighted by Crippen LogP contribution is -2.35. The number of aliphatic hydroxyl groups excluding tert-OH is 1. The zero-order valence-electron chi connectivity index (χ0n) is 9.26. The van der Waals surface area contributed by atoms with E-state index in [0.717, 1.165) is 19.4 Å². The molecule has 0 aromatic rings. The Hall–Kier alpha value is -0.340. The van der Waals surface area contributed by atoms with Gasteiger partial charge in [-0.2, -0.15) is 0 Å². The molecule has 0 aliphatic heterocycles. The van der Waals surface area contributed by atoms with Gasteiger partial charge in [0.15, 0.2) is 0 Å². The predicted molar refractivity (Wildman–Crippen MR) is 60.3 cm³/mol. The van der Waals surface area contributed by atoms with Gasteiger partial charge in [-0.15, -0.1) is 6.58 Å². The number of nitrogens with one attached hydrogen (secondary N) is 1. The lowest BCUT2D eigenvalue weighted by atomic mass is 10.1. The fourth-order valence-corrected chi connectivity index (χ4v) is 1.70. The van der Waals surface area contributed by atoms with E-state index in [4.69, 9.17) is 5.11 Å². The molecular formula is C12H23NO. The Morgan fingerprint density at radius 3 is 2.71 bits per heavy atom. The Balaban J connectivity index is 2.16. The van der Waals surface area contributed by atoms with Crippen LogP contribution in [0.1, 0.15) is 39.0 Å². The van der Waals surface area contributed by atoms with Crippen molar-refractivity contribution >= 4 is 0 Å². The number of aliphatic hydroxyl groups is 1. The van der Waals surface area contributed by atoms with Crippen LogP contribution in [-0.4, -0.2) is 24.3 Å². The summed E-state index contributed by atoms with van der Waals surface area (Å²) in [6.45, 7) is 7.27. The topological polar surface area (TPSA) is 32.3 Å². The van der Waals surface area contributed by atoms with Crippen LogP contribution in [0.4, 0.5) is 0 Å². The Morgan fingerprint density at radius 1 is 1.57 bits per heavy atom. The van der Waals surface area contributed by atoms with Crippen molar-refractivity contribution in [2.75, 3.05) is 13.2 Å². The minimum atomic E-state index is 0.238. The molecule has 0 heterocycles. The lowest BCUT2D eigenvalue weighted by molar-refractivity contribution is 0.202. The summed E-state index contributed by atoms with van der Waals surface area (Å²) in [4.78, 5) is 0. The van der Waals surface area contributed by atoms with Crippen LogP contribution in [0.3, 0.4) is 0 Å². The molecule has 0 aromatic carbocycles. The van der Waals surface area contributed by atoms with Crippen molar-refractivity contribution in [3.8, 4) is 0 Å². The van der Waals surface area contributed by atoms with Gasteiger partial charge in [0.2, 0.25) is 0 Å². The third-order valence-electron chi connectivity index (χ3n) is 3.27. The number of hydrogen-bond donors (Lipinski definition) is 2. The van der Waals surface area contributed by atoms with Gasteiger partial charge in [0, 0.05) is 24.6 Å². The molecule has 1 rings (SSSR count). The Morgan fingerprint density at radius 2 is 2.29 bits per heavy atom. The molecule has 1 aliphatic carbocycles. The van der Waals surface area contributed by atoms with Crippen LogP contribution in [0.2, 0.25) is 0 Å². The minimum absolute atomic E-state index is 0.238. The summed E-state index contributed by atoms with van der Waals surface area (Å²) in [7, 11) is 0. The van der Waals surface area contributed by atoms with Crippen molar-refractivity contribution in [3.63, 3.8) is 0 Å². The summed E-state index contributed by atoms with van der Waals surface area (Å²) >= 11 is 0. The van der Waals surface area contributed by atoms with Crippen molar-refractivity contribution in [1.29, 1.82) is 0 Å². The highest BCUT2D eigenvalue weighted by molar-refractivity contribution is 4.95. The van der Waals surface area contributed by atoms with Crippen LogP contribution in [0.15, 0.2) is 12.7 Å². The van der Waals surface area contributed by atoms with Gasteiger partial charge in [0.1, 0.15) is 0 Å². The summed E-state index contributed by atoms with van der Waals surface area (Å²) in [6, 6.07) is 0.594. The summed E-state index contributed by atoms with van der Waals surface area (Å²) in [5.41, 5.74) is 0.238. The van der Waals surface area contributed by atoms with Crippen LogP contribution in [0.5, 0.6) is 0 Å². The maximum absolute atomic E-state index is 9.16. The van der Waals surface area contributed by atoms with E-state index in [1.807, 2.05) is 6.08 Å². The first-order valence-electron chi connectivity index (χ1n) is 5.71. The first-order valence-corrected chi connectivity index (χ1v) is 5.71. The molecule has 0 bridgehead atoms. The number of hydrogen-bond acceptors (Lipinski definition) is 2. The van der Waals surface area contributed by atoms with Crippen LogP contribution in [-0.2, 0) is 0 Å². The third kappa shape index (κ3) is 3.43. The van der Waals surface area contributed by atoms with E-state index in [1.165, 1.54) is 19.3 Å². The maximum Gasteiger partial charge on any atom is 0.0499 e. The molecule has 1 unspecified atom stereocenters.